The fraction of sp³-hybridized carbons (Fsp3) is 0.0172. The van der Waals surface area contributed by atoms with Crippen LogP contribution in [0.1, 0.15) is 44.5 Å². The molecule has 12 heteroatoms. The van der Waals surface area contributed by atoms with E-state index in [1.54, 1.807) is 28.7 Å². The van der Waals surface area contributed by atoms with Crippen LogP contribution in [0.2, 0.25) is 5.02 Å². The molecule has 0 saturated carbocycles. The lowest BCUT2D eigenvalue weighted by molar-refractivity contribution is 0.426. The van der Waals surface area contributed by atoms with Crippen LogP contribution in [0, 0.1) is 0 Å². The van der Waals surface area contributed by atoms with Crippen molar-refractivity contribution in [3.05, 3.63) is 498 Å². The molecule has 0 aliphatic heterocycles. The quantitative estimate of drug-likeness (QED) is 0.103. The van der Waals surface area contributed by atoms with E-state index in [9.17, 15) is 10.0 Å². The van der Waals surface area contributed by atoms with Crippen molar-refractivity contribution in [2.45, 2.75) is 10.8 Å². The van der Waals surface area contributed by atoms with Gasteiger partial charge < -0.3 is 10.0 Å². The summed E-state index contributed by atoms with van der Waals surface area (Å²) < 4.78 is 4.83. The van der Waals surface area contributed by atoms with Gasteiger partial charge in [-0.2, -0.15) is 0 Å². The molecule has 4 heterocycles. The van der Waals surface area contributed by atoms with E-state index >= 15 is 0 Å². The summed E-state index contributed by atoms with van der Waals surface area (Å²) in [4.78, 5) is 30.9. The minimum absolute atomic E-state index is 0.463. The fourth-order valence-electron chi connectivity index (χ4n) is 19.3. The molecule has 0 saturated heterocycles. The lowest BCUT2D eigenvalue weighted by Gasteiger charge is -2.34. The minimum atomic E-state index is -1.52. The van der Waals surface area contributed by atoms with Gasteiger partial charge in [-0.05, 0) is 154 Å². The Labute approximate surface area is 754 Å². The maximum Gasteiger partial charge on any atom is 0.489 e. The molecule has 0 atom stereocenters. The average Bonchev–Trinajstić information content (AvgIpc) is 1.54. The van der Waals surface area contributed by atoms with Crippen LogP contribution in [-0.4, -0.2) is 47.1 Å². The molecule has 2 aliphatic carbocycles. The van der Waals surface area contributed by atoms with Crippen molar-refractivity contribution in [3.63, 3.8) is 0 Å². The van der Waals surface area contributed by atoms with Crippen LogP contribution < -0.4 is 5.46 Å². The molecule has 4 aromatic heterocycles. The molecular formula is C116H76BClN6O2S2. The Morgan fingerprint density at radius 2 is 0.492 bits per heavy atom. The molecule has 2 aliphatic rings. The van der Waals surface area contributed by atoms with E-state index in [1.165, 1.54) is 79.3 Å². The van der Waals surface area contributed by atoms with Crippen LogP contribution in [0.5, 0.6) is 0 Å². The topological polar surface area (TPSA) is 118 Å². The first-order valence-electron chi connectivity index (χ1n) is 42.8. The SMILES string of the molecule is Clc1ccc(-c2nc(-c3ccccc3-c3ccccc3)nc(-c3cccc4c3sc3ccccc34)n2)cc1.OB(O)c1cccc2c1-c1ccccc1C2(c1ccccc1)c1ccccc1.c1ccc(-c2ccccc2-c2nc(-c3ccc(-c4cccc5c4-c4ccccc4C5(c4ccccc4)c4ccccc4)cc3)nc(-c3cccc4c3sc3ccccc34)n2)cc1. The zero-order valence-corrected chi connectivity index (χ0v) is 71.5. The second-order valence-corrected chi connectivity index (χ2v) is 34.5. The van der Waals surface area contributed by atoms with Gasteiger partial charge in [0.1, 0.15) is 0 Å². The van der Waals surface area contributed by atoms with E-state index in [0.29, 0.717) is 45.4 Å². The van der Waals surface area contributed by atoms with Gasteiger partial charge in [0.05, 0.1) is 10.8 Å². The third kappa shape index (κ3) is 13.8. The molecule has 0 fully saturated rings. The van der Waals surface area contributed by atoms with Gasteiger partial charge in [-0.1, -0.05) is 412 Å². The highest BCUT2D eigenvalue weighted by Gasteiger charge is 2.49. The summed E-state index contributed by atoms with van der Waals surface area (Å²) in [6.07, 6.45) is 0. The van der Waals surface area contributed by atoms with E-state index in [0.717, 1.165) is 94.6 Å². The molecule has 0 radical (unpaired) electrons. The molecule has 2 N–H and O–H groups in total. The number of nitrogens with zero attached hydrogens (tertiary/aromatic N) is 6. The van der Waals surface area contributed by atoms with Crippen LogP contribution in [0.15, 0.2) is 449 Å². The average molecular weight is 1700 g/mol. The van der Waals surface area contributed by atoms with Gasteiger partial charge >= 0.3 is 7.12 Å². The molecule has 0 spiro atoms. The number of hydrogen-bond donors (Lipinski definition) is 2. The third-order valence-electron chi connectivity index (χ3n) is 24.9. The van der Waals surface area contributed by atoms with Gasteiger partial charge in [0.25, 0.3) is 0 Å². The number of rotatable bonds is 14. The molecule has 604 valence electrons. The number of benzene rings is 18. The van der Waals surface area contributed by atoms with Crippen molar-refractivity contribution in [2.24, 2.45) is 0 Å². The lowest BCUT2D eigenvalue weighted by atomic mass is 9.66. The van der Waals surface area contributed by atoms with Crippen molar-refractivity contribution in [3.8, 4) is 124 Å². The zero-order valence-electron chi connectivity index (χ0n) is 69.1. The number of fused-ring (bicyclic) bond motifs is 12. The van der Waals surface area contributed by atoms with Crippen molar-refractivity contribution < 1.29 is 10.0 Å². The van der Waals surface area contributed by atoms with Gasteiger partial charge in [-0.3, -0.25) is 0 Å². The maximum absolute atomic E-state index is 10.1. The molecular weight excluding hydrogens is 1620 g/mol. The molecule has 24 rings (SSSR count). The summed E-state index contributed by atoms with van der Waals surface area (Å²) in [5.74, 6) is 3.83. The van der Waals surface area contributed by atoms with Gasteiger partial charge in [0.2, 0.25) is 0 Å². The van der Waals surface area contributed by atoms with Crippen LogP contribution in [0.25, 0.3) is 164 Å². The van der Waals surface area contributed by atoms with Crippen LogP contribution in [0.3, 0.4) is 0 Å². The summed E-state index contributed by atoms with van der Waals surface area (Å²) in [6, 6.07) is 157. The van der Waals surface area contributed by atoms with Crippen LogP contribution >= 0.6 is 34.3 Å². The van der Waals surface area contributed by atoms with Gasteiger partial charge in [0.15, 0.2) is 34.9 Å². The summed E-state index contributed by atoms with van der Waals surface area (Å²) in [6.45, 7) is 0. The normalized spacial score (nSPS) is 12.5. The fourth-order valence-corrected chi connectivity index (χ4v) is 21.9. The predicted molar refractivity (Wildman–Crippen MR) is 530 cm³/mol. The number of hydrogen-bond acceptors (Lipinski definition) is 10. The first kappa shape index (κ1) is 78.7. The van der Waals surface area contributed by atoms with Gasteiger partial charge in [0, 0.05) is 78.7 Å². The van der Waals surface area contributed by atoms with Crippen LogP contribution in [0.4, 0.5) is 0 Å². The molecule has 0 unspecified atom stereocenters. The maximum atomic E-state index is 10.1. The monoisotopic (exact) mass is 1690 g/mol. The first-order valence-corrected chi connectivity index (χ1v) is 44.8. The minimum Gasteiger partial charge on any atom is -0.423 e. The molecule has 18 aromatic carbocycles. The van der Waals surface area contributed by atoms with E-state index in [4.69, 9.17) is 41.5 Å². The number of aromatic nitrogens is 6. The largest absolute Gasteiger partial charge is 0.489 e. The Hall–Kier alpha value is -15.3. The Kier molecular flexibility index (Phi) is 20.7. The van der Waals surface area contributed by atoms with Crippen molar-refractivity contribution in [1.82, 2.24) is 29.9 Å². The van der Waals surface area contributed by atoms with Crippen molar-refractivity contribution >= 4 is 87.2 Å². The Balaban J connectivity index is 0.000000124. The molecule has 0 bridgehead atoms. The summed E-state index contributed by atoms with van der Waals surface area (Å²) in [5.41, 5.74) is 26.2. The van der Waals surface area contributed by atoms with Crippen LogP contribution in [-0.2, 0) is 10.8 Å². The Morgan fingerprint density at radius 1 is 0.211 bits per heavy atom. The zero-order chi connectivity index (χ0) is 85.7. The molecule has 8 nitrogen and oxygen atoms in total. The van der Waals surface area contributed by atoms with Gasteiger partial charge in [-0.15, -0.1) is 22.7 Å². The molecule has 128 heavy (non-hydrogen) atoms. The lowest BCUT2D eigenvalue weighted by Crippen LogP contribution is -2.33. The van der Waals surface area contributed by atoms with E-state index in [1.807, 2.05) is 84.9 Å². The Morgan fingerprint density at radius 3 is 0.922 bits per heavy atom. The van der Waals surface area contributed by atoms with Gasteiger partial charge in [-0.25, -0.2) is 29.9 Å². The summed E-state index contributed by atoms with van der Waals surface area (Å²) in [7, 11) is -1.52. The van der Waals surface area contributed by atoms with Crippen molar-refractivity contribution in [2.75, 3.05) is 0 Å². The smallest absolute Gasteiger partial charge is 0.423 e. The van der Waals surface area contributed by atoms with E-state index < -0.39 is 17.9 Å². The highest BCUT2D eigenvalue weighted by atomic mass is 35.5. The number of halogens is 1. The van der Waals surface area contributed by atoms with E-state index in [-0.39, 0.29) is 0 Å². The number of thiophene rings is 2. The first-order chi connectivity index (χ1) is 63.2. The summed E-state index contributed by atoms with van der Waals surface area (Å²) >= 11 is 9.75. The third-order valence-corrected chi connectivity index (χ3v) is 27.6. The van der Waals surface area contributed by atoms with Crippen molar-refractivity contribution in [1.29, 1.82) is 0 Å². The standard InChI is InChI=1S/C58H37N3S.C33H20ClN3S.C25H19BO2/c1-4-18-38(19-5-1)43-24-10-11-26-47(43)56-59-55(60-57(61-56)49-30-16-29-46-45-25-13-15-33-52(45)62-54(46)49)40-36-34-39(35-37-40)44-28-17-32-51-53(44)48-27-12-14-31-50(48)58(51,41-20-6-2-7-21-41)42-22-8-3-9-23-42;34-23-19-17-22(18-20-23)31-35-32(27-13-5-4-11-24(27)21-9-2-1-3-10-21)37-33(36-31)28-15-8-14-26-25-12-6-7-16-29(25)38-30(26)28;27-26(28)23-17-9-16-22-24(23)20-14-7-8-15-21(20)25(22,18-10-3-1-4-11-18)19-12-5-2-6-13-19/h1-37H;1-20H;1-17,27-28H. The molecule has 22 aromatic rings. The predicted octanol–water partition coefficient (Wildman–Crippen LogP) is 28.2. The molecule has 0 amide bonds. The highest BCUT2D eigenvalue weighted by Crippen LogP contribution is 2.60. The highest BCUT2D eigenvalue weighted by molar-refractivity contribution is 7.26. The second-order valence-electron chi connectivity index (χ2n) is 32.0. The second kappa shape index (κ2) is 33.6. The summed E-state index contributed by atoms with van der Waals surface area (Å²) in [5, 5.41) is 25.7. The van der Waals surface area contributed by atoms with E-state index in [2.05, 4.69) is 358 Å². The Bertz CT molecular complexity index is 7840.